The highest BCUT2D eigenvalue weighted by Gasteiger charge is 2.47. The van der Waals surface area contributed by atoms with Crippen LogP contribution in [0.5, 0.6) is 5.75 Å². The average Bonchev–Trinajstić information content (AvgIpc) is 3.50. The second-order valence-corrected chi connectivity index (χ2v) is 10.3. The molecule has 0 aliphatic carbocycles. The molecule has 4 rings (SSSR count). The highest BCUT2D eigenvalue weighted by molar-refractivity contribution is 7.17. The fourth-order valence-electron chi connectivity index (χ4n) is 4.06. The average molecular weight is 540 g/mol. The van der Waals surface area contributed by atoms with Gasteiger partial charge in [0, 0.05) is 5.56 Å². The number of thiazole rings is 2. The molecular formula is C26H25N3O6S2. The van der Waals surface area contributed by atoms with E-state index in [0.29, 0.717) is 39.2 Å². The van der Waals surface area contributed by atoms with Gasteiger partial charge in [-0.15, -0.1) is 11.3 Å². The van der Waals surface area contributed by atoms with E-state index in [1.54, 1.807) is 45.0 Å². The van der Waals surface area contributed by atoms with Gasteiger partial charge in [-0.25, -0.2) is 14.8 Å². The lowest BCUT2D eigenvalue weighted by molar-refractivity contribution is -0.117. The van der Waals surface area contributed by atoms with Gasteiger partial charge in [-0.3, -0.25) is 14.5 Å². The van der Waals surface area contributed by atoms with Gasteiger partial charge < -0.3 is 14.6 Å². The monoisotopic (exact) mass is 539 g/mol. The maximum Gasteiger partial charge on any atom is 0.350 e. The van der Waals surface area contributed by atoms with Crippen molar-refractivity contribution < 1.29 is 29.0 Å². The number of rotatable bonds is 9. The topological polar surface area (TPSA) is 119 Å². The summed E-state index contributed by atoms with van der Waals surface area (Å²) in [6, 6.07) is 5.94. The molecule has 11 heteroatoms. The number of para-hydroxylation sites is 1. The number of esters is 1. The molecule has 3 aromatic rings. The summed E-state index contributed by atoms with van der Waals surface area (Å²) in [5.74, 6) is -2.16. The van der Waals surface area contributed by atoms with Crippen molar-refractivity contribution in [3.05, 3.63) is 80.0 Å². The second-order valence-electron chi connectivity index (χ2n) is 8.09. The number of amides is 1. The number of ether oxygens (including phenoxy) is 2. The van der Waals surface area contributed by atoms with Crippen LogP contribution in [0, 0.1) is 20.8 Å². The molecular weight excluding hydrogens is 514 g/mol. The Labute approximate surface area is 221 Å². The van der Waals surface area contributed by atoms with Crippen molar-refractivity contribution in [1.29, 1.82) is 0 Å². The quantitative estimate of drug-likeness (QED) is 0.228. The van der Waals surface area contributed by atoms with Gasteiger partial charge in [0.25, 0.3) is 5.91 Å². The molecule has 1 aliphatic rings. The molecule has 0 saturated carbocycles. The predicted molar refractivity (Wildman–Crippen MR) is 141 cm³/mol. The molecule has 9 nitrogen and oxygen atoms in total. The van der Waals surface area contributed by atoms with Crippen molar-refractivity contribution in [1.82, 2.24) is 9.97 Å². The van der Waals surface area contributed by atoms with Crippen LogP contribution in [-0.2, 0) is 9.53 Å². The Kier molecular flexibility index (Phi) is 7.55. The molecule has 1 aliphatic heterocycles. The Balaban J connectivity index is 1.89. The minimum Gasteiger partial charge on any atom is -0.503 e. The minimum atomic E-state index is -1.05. The summed E-state index contributed by atoms with van der Waals surface area (Å²) < 4.78 is 11.0. The number of aromatic nitrogens is 2. The number of hydrogen-bond acceptors (Lipinski definition) is 10. The highest BCUT2D eigenvalue weighted by atomic mass is 32.1. The third-order valence-electron chi connectivity index (χ3n) is 5.59. The summed E-state index contributed by atoms with van der Waals surface area (Å²) >= 11 is 2.13. The Morgan fingerprint density at radius 1 is 1.14 bits per heavy atom. The zero-order valence-corrected chi connectivity index (χ0v) is 22.4. The summed E-state index contributed by atoms with van der Waals surface area (Å²) in [5, 5.41) is 11.9. The molecule has 0 saturated heterocycles. The van der Waals surface area contributed by atoms with Crippen LogP contribution in [0.15, 0.2) is 48.3 Å². The third kappa shape index (κ3) is 4.79. The first-order valence-corrected chi connectivity index (χ1v) is 13.0. The summed E-state index contributed by atoms with van der Waals surface area (Å²) in [6.45, 7) is 10.8. The number of nitrogens with zero attached hydrogens (tertiary/aromatic N) is 3. The van der Waals surface area contributed by atoms with E-state index in [1.165, 1.54) is 22.3 Å². The van der Waals surface area contributed by atoms with Crippen molar-refractivity contribution >= 4 is 45.5 Å². The fraction of sp³-hybridized carbons (Fsp3) is 0.269. The zero-order chi connectivity index (χ0) is 26.9. The van der Waals surface area contributed by atoms with Crippen LogP contribution in [0.4, 0.5) is 5.13 Å². The molecule has 192 valence electrons. The summed E-state index contributed by atoms with van der Waals surface area (Å²) in [4.78, 5) is 50.4. The van der Waals surface area contributed by atoms with Gasteiger partial charge in [-0.1, -0.05) is 42.2 Å². The van der Waals surface area contributed by atoms with Crippen molar-refractivity contribution in [3.8, 4) is 5.75 Å². The lowest BCUT2D eigenvalue weighted by Gasteiger charge is -2.26. The van der Waals surface area contributed by atoms with Gasteiger partial charge in [0.15, 0.2) is 10.9 Å². The first-order chi connectivity index (χ1) is 17.7. The van der Waals surface area contributed by atoms with E-state index < -0.39 is 29.5 Å². The van der Waals surface area contributed by atoms with Gasteiger partial charge in [-0.05, 0) is 33.8 Å². The summed E-state index contributed by atoms with van der Waals surface area (Å²) in [5.41, 5.74) is 1.25. The number of anilines is 1. The number of aliphatic hydroxyl groups is 1. The largest absolute Gasteiger partial charge is 0.503 e. The minimum absolute atomic E-state index is 0.0210. The van der Waals surface area contributed by atoms with Crippen LogP contribution in [-0.4, -0.2) is 45.9 Å². The molecule has 0 spiro atoms. The van der Waals surface area contributed by atoms with Crippen molar-refractivity contribution in [3.63, 3.8) is 0 Å². The van der Waals surface area contributed by atoms with Crippen LogP contribution in [0.1, 0.15) is 54.3 Å². The Morgan fingerprint density at radius 3 is 2.49 bits per heavy atom. The maximum atomic E-state index is 13.8. The van der Waals surface area contributed by atoms with Crippen LogP contribution < -0.4 is 9.64 Å². The van der Waals surface area contributed by atoms with Crippen LogP contribution >= 0.6 is 22.7 Å². The van der Waals surface area contributed by atoms with E-state index >= 15 is 0 Å². The number of hydrogen-bond donors (Lipinski definition) is 1. The summed E-state index contributed by atoms with van der Waals surface area (Å²) in [7, 11) is 0. The number of aliphatic hydroxyl groups excluding tert-OH is 1. The third-order valence-corrected chi connectivity index (χ3v) is 7.79. The SMILES string of the molecule is C=CCOC(=O)c1sc(N2C(=O)C(O)=C(C(=O)c3sc(C)nc3C)C2c2ccccc2OCC)nc1C. The lowest BCUT2D eigenvalue weighted by Crippen LogP contribution is -2.31. The summed E-state index contributed by atoms with van der Waals surface area (Å²) in [6.07, 6.45) is 1.45. The first-order valence-electron chi connectivity index (χ1n) is 11.4. The molecule has 0 fully saturated rings. The second kappa shape index (κ2) is 10.7. The lowest BCUT2D eigenvalue weighted by atomic mass is 9.94. The van der Waals surface area contributed by atoms with E-state index in [2.05, 4.69) is 16.5 Å². The Morgan fingerprint density at radius 2 is 1.84 bits per heavy atom. The molecule has 37 heavy (non-hydrogen) atoms. The van der Waals surface area contributed by atoms with E-state index in [4.69, 9.17) is 9.47 Å². The van der Waals surface area contributed by atoms with E-state index in [0.717, 1.165) is 11.3 Å². The zero-order valence-electron chi connectivity index (χ0n) is 20.7. The standard InChI is InChI=1S/C26H25N3O6S2/c1-6-12-35-25(33)23-14(4)28-26(37-23)29-19(16-10-8-9-11-17(16)34-7-2)18(21(31)24(29)32)20(30)22-13(3)27-15(5)36-22/h6,8-11,19,31H,1,7,12H2,2-5H3. The number of carbonyl (C=O) groups excluding carboxylic acids is 3. The molecule has 1 N–H and O–H groups in total. The van der Waals surface area contributed by atoms with Gasteiger partial charge in [-0.2, -0.15) is 0 Å². The number of Topliss-reactive ketones (excluding diaryl/α,β-unsaturated/α-hetero) is 1. The number of benzene rings is 1. The van der Waals surface area contributed by atoms with E-state index in [9.17, 15) is 19.5 Å². The number of carbonyl (C=O) groups is 3. The molecule has 0 radical (unpaired) electrons. The fourth-order valence-corrected chi connectivity index (χ4v) is 5.92. The maximum absolute atomic E-state index is 13.8. The van der Waals surface area contributed by atoms with Crippen LogP contribution in [0.2, 0.25) is 0 Å². The molecule has 0 bridgehead atoms. The van der Waals surface area contributed by atoms with Crippen LogP contribution in [0.3, 0.4) is 0 Å². The molecule has 2 aromatic heterocycles. The molecule has 1 amide bonds. The molecule has 1 atom stereocenters. The Hall–Kier alpha value is -3.83. The Bertz CT molecular complexity index is 1440. The van der Waals surface area contributed by atoms with Gasteiger partial charge in [0.05, 0.1) is 33.5 Å². The molecule has 3 heterocycles. The van der Waals surface area contributed by atoms with Gasteiger partial charge in [0.2, 0.25) is 5.78 Å². The molecule has 1 unspecified atom stereocenters. The number of aryl methyl sites for hydroxylation is 3. The van der Waals surface area contributed by atoms with Crippen molar-refractivity contribution in [2.45, 2.75) is 33.7 Å². The molecule has 1 aromatic carbocycles. The predicted octanol–water partition coefficient (Wildman–Crippen LogP) is 5.05. The van der Waals surface area contributed by atoms with E-state index in [1.807, 2.05) is 6.92 Å². The normalized spacial score (nSPS) is 15.3. The smallest absolute Gasteiger partial charge is 0.350 e. The van der Waals surface area contributed by atoms with Crippen molar-refractivity contribution in [2.75, 3.05) is 18.1 Å². The van der Waals surface area contributed by atoms with E-state index in [-0.39, 0.29) is 22.2 Å². The van der Waals surface area contributed by atoms with Gasteiger partial charge >= 0.3 is 5.97 Å². The first kappa shape index (κ1) is 26.2. The van der Waals surface area contributed by atoms with Gasteiger partial charge in [0.1, 0.15) is 23.3 Å². The highest BCUT2D eigenvalue weighted by Crippen LogP contribution is 2.46. The number of ketones is 1. The van der Waals surface area contributed by atoms with Crippen LogP contribution in [0.25, 0.3) is 0 Å². The van der Waals surface area contributed by atoms with Crippen molar-refractivity contribution in [2.24, 2.45) is 0 Å².